The number of hydrogen-bond donors (Lipinski definition) is 1. The molecule has 1 N–H and O–H groups in total. The Morgan fingerprint density at radius 3 is 2.64 bits per heavy atom. The van der Waals surface area contributed by atoms with E-state index in [1.807, 2.05) is 0 Å². The van der Waals surface area contributed by atoms with E-state index in [4.69, 9.17) is 5.26 Å². The summed E-state index contributed by atoms with van der Waals surface area (Å²) in [4.78, 5) is 14.0. The molecule has 0 rings (SSSR count). The first-order valence-corrected chi connectivity index (χ1v) is 4.05. The summed E-state index contributed by atoms with van der Waals surface area (Å²) in [5, 5.41) is 7.93. The van der Waals surface area contributed by atoms with E-state index in [-0.39, 0.29) is 0 Å². The molecule has 0 spiro atoms. The molecule has 0 radical (unpaired) electrons. The standard InChI is InChI=1S/C8H16O3/c1-3-4-7(2)5-6-8(9)11-10/h7,10H,3-6H2,1-2H3. The van der Waals surface area contributed by atoms with E-state index in [1.165, 1.54) is 0 Å². The SMILES string of the molecule is CCCC(C)CCC(=O)OO. The first kappa shape index (κ1) is 10.4. The summed E-state index contributed by atoms with van der Waals surface area (Å²) < 4.78 is 0. The van der Waals surface area contributed by atoms with E-state index in [2.05, 4.69) is 18.7 Å². The Bertz CT molecular complexity index is 112. The lowest BCUT2D eigenvalue weighted by Gasteiger charge is -2.06. The predicted molar refractivity (Wildman–Crippen MR) is 42.0 cm³/mol. The summed E-state index contributed by atoms with van der Waals surface area (Å²) in [7, 11) is 0. The number of carbonyl (C=O) groups is 1. The molecular weight excluding hydrogens is 144 g/mol. The number of rotatable bonds is 5. The fourth-order valence-electron chi connectivity index (χ4n) is 1.05. The van der Waals surface area contributed by atoms with E-state index in [1.54, 1.807) is 0 Å². The molecule has 3 heteroatoms. The Balaban J connectivity index is 3.29. The first-order valence-electron chi connectivity index (χ1n) is 4.05. The van der Waals surface area contributed by atoms with Crippen LogP contribution in [0.5, 0.6) is 0 Å². The molecule has 0 aromatic rings. The van der Waals surface area contributed by atoms with Gasteiger partial charge in [-0.1, -0.05) is 26.7 Å². The van der Waals surface area contributed by atoms with Gasteiger partial charge in [0.15, 0.2) is 0 Å². The van der Waals surface area contributed by atoms with E-state index in [0.29, 0.717) is 12.3 Å². The minimum Gasteiger partial charge on any atom is -0.301 e. The van der Waals surface area contributed by atoms with Crippen molar-refractivity contribution >= 4 is 5.97 Å². The van der Waals surface area contributed by atoms with Gasteiger partial charge in [-0.15, -0.1) is 0 Å². The molecule has 0 bridgehead atoms. The highest BCUT2D eigenvalue weighted by molar-refractivity contribution is 5.68. The van der Waals surface area contributed by atoms with Crippen LogP contribution in [0.2, 0.25) is 0 Å². The van der Waals surface area contributed by atoms with Gasteiger partial charge in [-0.3, -0.25) is 0 Å². The van der Waals surface area contributed by atoms with Crippen LogP contribution in [0.3, 0.4) is 0 Å². The van der Waals surface area contributed by atoms with Gasteiger partial charge in [-0.25, -0.2) is 4.79 Å². The van der Waals surface area contributed by atoms with Crippen molar-refractivity contribution in [3.05, 3.63) is 0 Å². The van der Waals surface area contributed by atoms with Crippen molar-refractivity contribution in [2.45, 2.75) is 39.5 Å². The second-order valence-electron chi connectivity index (χ2n) is 2.90. The van der Waals surface area contributed by atoms with Gasteiger partial charge < -0.3 is 4.89 Å². The van der Waals surface area contributed by atoms with Crippen LogP contribution in [-0.4, -0.2) is 11.2 Å². The largest absolute Gasteiger partial charge is 0.342 e. The van der Waals surface area contributed by atoms with Crippen molar-refractivity contribution in [2.24, 2.45) is 5.92 Å². The van der Waals surface area contributed by atoms with Crippen LogP contribution in [0.1, 0.15) is 39.5 Å². The van der Waals surface area contributed by atoms with Gasteiger partial charge in [0.1, 0.15) is 0 Å². The molecule has 1 atom stereocenters. The fourth-order valence-corrected chi connectivity index (χ4v) is 1.05. The highest BCUT2D eigenvalue weighted by Gasteiger charge is 2.06. The first-order chi connectivity index (χ1) is 5.20. The zero-order valence-electron chi connectivity index (χ0n) is 7.17. The smallest absolute Gasteiger partial charge is 0.301 e. The molecule has 11 heavy (non-hydrogen) atoms. The number of carbonyl (C=O) groups excluding carboxylic acids is 1. The maximum atomic E-state index is 10.4. The third-order valence-electron chi connectivity index (χ3n) is 1.72. The highest BCUT2D eigenvalue weighted by Crippen LogP contribution is 2.12. The lowest BCUT2D eigenvalue weighted by Crippen LogP contribution is -2.03. The monoisotopic (exact) mass is 160 g/mol. The van der Waals surface area contributed by atoms with Crippen LogP contribution in [0, 0.1) is 5.92 Å². The minimum absolute atomic E-state index is 0.317. The van der Waals surface area contributed by atoms with E-state index >= 15 is 0 Å². The van der Waals surface area contributed by atoms with Gasteiger partial charge in [0.25, 0.3) is 0 Å². The molecular formula is C8H16O3. The summed E-state index contributed by atoms with van der Waals surface area (Å²) in [6, 6.07) is 0. The van der Waals surface area contributed by atoms with Crippen LogP contribution in [0.15, 0.2) is 0 Å². The molecule has 3 nitrogen and oxygen atoms in total. The molecule has 0 aromatic heterocycles. The van der Waals surface area contributed by atoms with Crippen LogP contribution >= 0.6 is 0 Å². The zero-order valence-corrected chi connectivity index (χ0v) is 7.17. The quantitative estimate of drug-likeness (QED) is 0.495. The van der Waals surface area contributed by atoms with Crippen LogP contribution in [-0.2, 0) is 9.68 Å². The number of hydrogen-bond acceptors (Lipinski definition) is 3. The van der Waals surface area contributed by atoms with Gasteiger partial charge in [-0.2, -0.15) is 5.26 Å². The van der Waals surface area contributed by atoms with Crippen LogP contribution in [0.4, 0.5) is 0 Å². The van der Waals surface area contributed by atoms with Crippen molar-refractivity contribution < 1.29 is 14.9 Å². The maximum absolute atomic E-state index is 10.4. The lowest BCUT2D eigenvalue weighted by atomic mass is 10.0. The topological polar surface area (TPSA) is 46.5 Å². The second kappa shape index (κ2) is 6.16. The summed E-state index contributed by atoms with van der Waals surface area (Å²) in [6.07, 6.45) is 3.37. The summed E-state index contributed by atoms with van der Waals surface area (Å²) in [5.41, 5.74) is 0. The van der Waals surface area contributed by atoms with Crippen molar-refractivity contribution in [1.82, 2.24) is 0 Å². The highest BCUT2D eigenvalue weighted by atomic mass is 17.1. The van der Waals surface area contributed by atoms with E-state index in [0.717, 1.165) is 19.3 Å². The third-order valence-corrected chi connectivity index (χ3v) is 1.72. The van der Waals surface area contributed by atoms with E-state index < -0.39 is 5.97 Å². The Morgan fingerprint density at radius 2 is 2.18 bits per heavy atom. The minimum atomic E-state index is -0.534. The van der Waals surface area contributed by atoms with Crippen molar-refractivity contribution in [2.75, 3.05) is 0 Å². The van der Waals surface area contributed by atoms with Crippen LogP contribution in [0.25, 0.3) is 0 Å². The van der Waals surface area contributed by atoms with E-state index in [9.17, 15) is 4.79 Å². The Labute approximate surface area is 67.3 Å². The second-order valence-corrected chi connectivity index (χ2v) is 2.90. The molecule has 0 aromatic carbocycles. The van der Waals surface area contributed by atoms with Gasteiger partial charge in [0.2, 0.25) is 0 Å². The molecule has 0 amide bonds. The average Bonchev–Trinajstić information content (AvgIpc) is 2.01. The lowest BCUT2D eigenvalue weighted by molar-refractivity contribution is -0.234. The summed E-state index contributed by atoms with van der Waals surface area (Å²) in [6.45, 7) is 4.20. The van der Waals surface area contributed by atoms with Gasteiger partial charge in [0.05, 0.1) is 0 Å². The molecule has 1 unspecified atom stereocenters. The van der Waals surface area contributed by atoms with Crippen molar-refractivity contribution in [1.29, 1.82) is 0 Å². The average molecular weight is 160 g/mol. The Hall–Kier alpha value is -0.570. The van der Waals surface area contributed by atoms with Gasteiger partial charge >= 0.3 is 5.97 Å². The molecule has 0 aliphatic rings. The molecule has 0 aliphatic carbocycles. The summed E-state index contributed by atoms with van der Waals surface area (Å²) in [5.74, 6) is 0.00653. The third kappa shape index (κ3) is 5.85. The van der Waals surface area contributed by atoms with Crippen LogP contribution < -0.4 is 0 Å². The van der Waals surface area contributed by atoms with Crippen molar-refractivity contribution in [3.8, 4) is 0 Å². The Kier molecular flexibility index (Phi) is 5.84. The summed E-state index contributed by atoms with van der Waals surface area (Å²) >= 11 is 0. The Morgan fingerprint density at radius 1 is 1.55 bits per heavy atom. The molecule has 0 fully saturated rings. The van der Waals surface area contributed by atoms with Crippen molar-refractivity contribution in [3.63, 3.8) is 0 Å². The van der Waals surface area contributed by atoms with Gasteiger partial charge in [-0.05, 0) is 12.3 Å². The molecule has 0 saturated carbocycles. The maximum Gasteiger partial charge on any atom is 0.342 e. The predicted octanol–water partition coefficient (Wildman–Crippen LogP) is 2.22. The molecule has 0 heterocycles. The fraction of sp³-hybridized carbons (Fsp3) is 0.875. The normalized spacial score (nSPS) is 12.6. The molecule has 66 valence electrons. The molecule has 0 saturated heterocycles. The molecule has 0 aliphatic heterocycles. The zero-order chi connectivity index (χ0) is 8.69. The van der Waals surface area contributed by atoms with Gasteiger partial charge in [0, 0.05) is 6.42 Å².